The van der Waals surface area contributed by atoms with Gasteiger partial charge in [-0.15, -0.1) is 0 Å². The Kier molecular flexibility index (Phi) is 5.01. The summed E-state index contributed by atoms with van der Waals surface area (Å²) in [6, 6.07) is 0. The topological polar surface area (TPSA) is 67.3 Å². The molecule has 0 aromatic heterocycles. The maximum Gasteiger partial charge on any atom is 0.331 e. The van der Waals surface area contributed by atoms with Crippen LogP contribution in [0.1, 0.15) is 20.8 Å². The van der Waals surface area contributed by atoms with Crippen molar-refractivity contribution in [2.24, 2.45) is 0 Å². The lowest BCUT2D eigenvalue weighted by Gasteiger charge is -1.92. The molecule has 0 amide bonds. The van der Waals surface area contributed by atoms with E-state index in [0.29, 0.717) is 5.57 Å². The van der Waals surface area contributed by atoms with E-state index in [1.807, 2.05) is 0 Å². The second kappa shape index (κ2) is 4.09. The molecule has 53 valence electrons. The van der Waals surface area contributed by atoms with Gasteiger partial charge in [-0.25, -0.2) is 4.79 Å². The molecule has 1 radical (unpaired) electrons. The fourth-order valence-electron chi connectivity index (χ4n) is 0.214. The van der Waals surface area contributed by atoms with Crippen LogP contribution >= 0.6 is 0 Å². The third-order valence-electron chi connectivity index (χ3n) is 1.07. The summed E-state index contributed by atoms with van der Waals surface area (Å²) in [4.78, 5) is 10.1. The molecule has 0 aliphatic carbocycles. The van der Waals surface area contributed by atoms with E-state index in [2.05, 4.69) is 0 Å². The van der Waals surface area contributed by atoms with Crippen molar-refractivity contribution >= 4 is 5.97 Å². The van der Waals surface area contributed by atoms with Crippen molar-refractivity contribution in [3.8, 4) is 0 Å². The van der Waals surface area contributed by atoms with Gasteiger partial charge >= 0.3 is 5.97 Å². The largest absolute Gasteiger partial charge is 0.478 e. The number of hydrogen-bond acceptors (Lipinski definition) is 1. The molecule has 0 rings (SSSR count). The summed E-state index contributed by atoms with van der Waals surface area (Å²) in [5.41, 5.74) is 1.29. The first-order chi connectivity index (χ1) is 3.55. The van der Waals surface area contributed by atoms with Crippen molar-refractivity contribution in [2.45, 2.75) is 20.8 Å². The molecule has 9 heavy (non-hydrogen) atoms. The van der Waals surface area contributed by atoms with Gasteiger partial charge < -0.3 is 5.11 Å². The van der Waals surface area contributed by atoms with Gasteiger partial charge in [0, 0.05) is 5.57 Å². The minimum Gasteiger partial charge on any atom is -0.478 e. The number of allylic oxidation sites excluding steroid dienone is 1. The third-order valence-corrected chi connectivity index (χ3v) is 1.07. The minimum absolute atomic E-state index is 0. The fourth-order valence-corrected chi connectivity index (χ4v) is 0.214. The summed E-state index contributed by atoms with van der Waals surface area (Å²) < 4.78 is 0. The van der Waals surface area contributed by atoms with Crippen LogP contribution in [0.25, 0.3) is 0 Å². The van der Waals surface area contributed by atoms with E-state index in [4.69, 9.17) is 5.11 Å². The van der Waals surface area contributed by atoms with Gasteiger partial charge in [0.1, 0.15) is 0 Å². The quantitative estimate of drug-likeness (QED) is 0.526. The van der Waals surface area contributed by atoms with Crippen LogP contribution in [0.3, 0.4) is 0 Å². The van der Waals surface area contributed by atoms with Crippen molar-refractivity contribution in [3.63, 3.8) is 0 Å². The highest BCUT2D eigenvalue weighted by Crippen LogP contribution is 1.99. The predicted octanol–water partition coefficient (Wildman–Crippen LogP) is 1.25. The Morgan fingerprint density at radius 3 is 1.56 bits per heavy atom. The van der Waals surface area contributed by atoms with Crippen LogP contribution in [0.5, 0.6) is 0 Å². The zero-order valence-corrected chi connectivity index (χ0v) is 5.80. The lowest BCUT2D eigenvalue weighted by Crippen LogP contribution is -1.97. The van der Waals surface area contributed by atoms with E-state index in [1.165, 1.54) is 0 Å². The molecule has 0 aromatic rings. The van der Waals surface area contributed by atoms with Crippen LogP contribution in [-0.4, -0.2) is 16.6 Å². The Labute approximate surface area is 54.3 Å². The van der Waals surface area contributed by atoms with Crippen molar-refractivity contribution in [3.05, 3.63) is 11.1 Å². The first-order valence-corrected chi connectivity index (χ1v) is 2.43. The average molecular weight is 131 g/mol. The van der Waals surface area contributed by atoms with Crippen LogP contribution in [0.4, 0.5) is 0 Å². The van der Waals surface area contributed by atoms with Crippen LogP contribution in [0.15, 0.2) is 11.1 Å². The molecular formula is C6H11O3. The monoisotopic (exact) mass is 131 g/mol. The fraction of sp³-hybridized carbons (Fsp3) is 0.500. The maximum atomic E-state index is 10.1. The first-order valence-electron chi connectivity index (χ1n) is 2.43. The van der Waals surface area contributed by atoms with Gasteiger partial charge in [0.2, 0.25) is 0 Å². The molecule has 0 bridgehead atoms. The Morgan fingerprint density at radius 2 is 1.56 bits per heavy atom. The van der Waals surface area contributed by atoms with Gasteiger partial charge in [-0.05, 0) is 20.8 Å². The van der Waals surface area contributed by atoms with E-state index in [9.17, 15) is 4.79 Å². The number of carboxylic acid groups (broad SMARTS) is 1. The van der Waals surface area contributed by atoms with Crippen LogP contribution in [0.2, 0.25) is 0 Å². The van der Waals surface area contributed by atoms with E-state index in [1.54, 1.807) is 20.8 Å². The van der Waals surface area contributed by atoms with Gasteiger partial charge in [-0.3, -0.25) is 5.48 Å². The van der Waals surface area contributed by atoms with Crippen molar-refractivity contribution in [1.29, 1.82) is 0 Å². The molecule has 0 fully saturated rings. The van der Waals surface area contributed by atoms with Gasteiger partial charge in [-0.1, -0.05) is 5.57 Å². The predicted molar refractivity (Wildman–Crippen MR) is 33.6 cm³/mol. The minimum atomic E-state index is -0.829. The zero-order chi connectivity index (χ0) is 6.73. The molecular weight excluding hydrogens is 120 g/mol. The normalized spacial score (nSPS) is 7.44. The number of carbonyl (C=O) groups is 1. The standard InChI is InChI=1S/C6H10O2.HO/c1-4(2)5(3)6(7)8;/h1-3H3,(H,7,8);1H. The summed E-state index contributed by atoms with van der Waals surface area (Å²) in [5.74, 6) is -0.829. The average Bonchev–Trinajstić information content (AvgIpc) is 1.64. The number of carboxylic acids is 1. The number of rotatable bonds is 1. The molecule has 0 unspecified atom stereocenters. The lowest BCUT2D eigenvalue weighted by atomic mass is 10.2. The summed E-state index contributed by atoms with van der Waals surface area (Å²) >= 11 is 0. The summed E-state index contributed by atoms with van der Waals surface area (Å²) in [5, 5.41) is 8.29. The van der Waals surface area contributed by atoms with E-state index >= 15 is 0 Å². The highest BCUT2D eigenvalue weighted by atomic mass is 16.4. The van der Waals surface area contributed by atoms with Crippen LogP contribution in [0, 0.1) is 0 Å². The van der Waals surface area contributed by atoms with Crippen molar-refractivity contribution in [1.82, 2.24) is 0 Å². The molecule has 0 aliphatic rings. The van der Waals surface area contributed by atoms with E-state index in [-0.39, 0.29) is 5.48 Å². The first kappa shape index (κ1) is 11.0. The highest BCUT2D eigenvalue weighted by Gasteiger charge is 1.98. The van der Waals surface area contributed by atoms with E-state index in [0.717, 1.165) is 5.57 Å². The van der Waals surface area contributed by atoms with Crippen LogP contribution in [-0.2, 0) is 4.79 Å². The molecule has 0 heterocycles. The van der Waals surface area contributed by atoms with E-state index < -0.39 is 5.97 Å². The molecule has 3 nitrogen and oxygen atoms in total. The molecule has 0 atom stereocenters. The molecule has 2 N–H and O–H groups in total. The Balaban J connectivity index is 0. The molecule has 0 spiro atoms. The zero-order valence-electron chi connectivity index (χ0n) is 5.80. The second-order valence-electron chi connectivity index (χ2n) is 1.93. The molecule has 0 saturated heterocycles. The Hall–Kier alpha value is -0.830. The summed E-state index contributed by atoms with van der Waals surface area (Å²) in [7, 11) is 0. The smallest absolute Gasteiger partial charge is 0.331 e. The van der Waals surface area contributed by atoms with Crippen molar-refractivity contribution in [2.75, 3.05) is 0 Å². The maximum absolute atomic E-state index is 10.1. The molecule has 0 aliphatic heterocycles. The van der Waals surface area contributed by atoms with Gasteiger partial charge in [0.25, 0.3) is 0 Å². The van der Waals surface area contributed by atoms with Gasteiger partial charge in [-0.2, -0.15) is 0 Å². The van der Waals surface area contributed by atoms with Gasteiger partial charge in [0.05, 0.1) is 0 Å². The summed E-state index contributed by atoms with van der Waals surface area (Å²) in [6.07, 6.45) is 0. The van der Waals surface area contributed by atoms with Gasteiger partial charge in [0.15, 0.2) is 0 Å². The van der Waals surface area contributed by atoms with Crippen LogP contribution < -0.4 is 0 Å². The molecule has 3 heteroatoms. The molecule has 0 aromatic carbocycles. The molecule has 0 saturated carbocycles. The Morgan fingerprint density at radius 1 is 1.22 bits per heavy atom. The summed E-state index contributed by atoms with van der Waals surface area (Å²) in [6.45, 7) is 5.16. The number of hydrogen-bond donors (Lipinski definition) is 2. The lowest BCUT2D eigenvalue weighted by molar-refractivity contribution is -0.132. The third kappa shape index (κ3) is 3.73. The highest BCUT2D eigenvalue weighted by molar-refractivity contribution is 5.86. The number of aliphatic carboxylic acids is 1. The second-order valence-corrected chi connectivity index (χ2v) is 1.93. The van der Waals surface area contributed by atoms with Crippen molar-refractivity contribution < 1.29 is 15.4 Å². The SMILES string of the molecule is CC(C)=C(C)C(=O)O.[OH]. The Bertz CT molecular complexity index is 131.